The van der Waals surface area contributed by atoms with Gasteiger partial charge in [0.2, 0.25) is 0 Å². The lowest BCUT2D eigenvalue weighted by Gasteiger charge is -2.52. The highest BCUT2D eigenvalue weighted by atomic mass is 19.4. The van der Waals surface area contributed by atoms with Crippen LogP contribution in [0.3, 0.4) is 0 Å². The summed E-state index contributed by atoms with van der Waals surface area (Å²) < 4.78 is 53.5. The van der Waals surface area contributed by atoms with Crippen molar-refractivity contribution in [2.75, 3.05) is 43.4 Å². The molecule has 0 aliphatic carbocycles. The molecule has 2 aromatic rings. The van der Waals surface area contributed by atoms with Crippen LogP contribution in [0.15, 0.2) is 36.4 Å². The molecule has 2 aliphatic heterocycles. The standard InChI is InChI=1S/C19H20F4N4/c1-24-18-10-25-6-7-27(18)17-5-2-12(8-16(17)26-11-18)14-4-3-13(20)9-15(14)19(21,22)23/h2-5,8-9,24-26H,6-7,10-11H2,1H3. The van der Waals surface area contributed by atoms with Crippen molar-refractivity contribution in [1.82, 2.24) is 10.6 Å². The van der Waals surface area contributed by atoms with Gasteiger partial charge in [-0.25, -0.2) is 4.39 Å². The highest BCUT2D eigenvalue weighted by Crippen LogP contribution is 2.42. The van der Waals surface area contributed by atoms with E-state index >= 15 is 0 Å². The summed E-state index contributed by atoms with van der Waals surface area (Å²) in [6.07, 6.45) is -4.62. The van der Waals surface area contributed by atoms with Crippen molar-refractivity contribution < 1.29 is 17.6 Å². The van der Waals surface area contributed by atoms with Crippen molar-refractivity contribution in [3.8, 4) is 11.1 Å². The van der Waals surface area contributed by atoms with Crippen molar-refractivity contribution in [2.24, 2.45) is 0 Å². The molecular formula is C19H20F4N4. The molecular weight excluding hydrogens is 360 g/mol. The number of nitrogens with one attached hydrogen (secondary N) is 3. The predicted molar refractivity (Wildman–Crippen MR) is 97.3 cm³/mol. The van der Waals surface area contributed by atoms with Crippen LogP contribution in [0.25, 0.3) is 11.1 Å². The molecule has 2 heterocycles. The number of hydrogen-bond acceptors (Lipinski definition) is 4. The average molecular weight is 380 g/mol. The Bertz CT molecular complexity index is 867. The minimum Gasteiger partial charge on any atom is -0.380 e. The van der Waals surface area contributed by atoms with Gasteiger partial charge < -0.3 is 15.5 Å². The van der Waals surface area contributed by atoms with Crippen LogP contribution in [0.4, 0.5) is 28.9 Å². The number of alkyl halides is 3. The summed E-state index contributed by atoms with van der Waals surface area (Å²) >= 11 is 0. The van der Waals surface area contributed by atoms with Crippen LogP contribution < -0.4 is 20.9 Å². The lowest BCUT2D eigenvalue weighted by atomic mass is 9.95. The van der Waals surface area contributed by atoms with Crippen LogP contribution in [0.5, 0.6) is 0 Å². The summed E-state index contributed by atoms with van der Waals surface area (Å²) in [6.45, 7) is 3.00. The zero-order valence-electron chi connectivity index (χ0n) is 14.8. The third kappa shape index (κ3) is 3.02. The van der Waals surface area contributed by atoms with Gasteiger partial charge in [-0.1, -0.05) is 12.1 Å². The summed E-state index contributed by atoms with van der Waals surface area (Å²) in [6, 6.07) is 7.99. The predicted octanol–water partition coefficient (Wildman–Crippen LogP) is 3.26. The van der Waals surface area contributed by atoms with E-state index in [1.165, 1.54) is 6.07 Å². The Balaban J connectivity index is 1.78. The number of anilines is 2. The first kappa shape index (κ1) is 18.1. The van der Waals surface area contributed by atoms with E-state index in [-0.39, 0.29) is 11.2 Å². The fraction of sp³-hybridized carbons (Fsp3) is 0.368. The number of benzene rings is 2. The highest BCUT2D eigenvalue weighted by molar-refractivity contribution is 5.81. The Labute approximate surface area is 154 Å². The van der Waals surface area contributed by atoms with Gasteiger partial charge in [0.05, 0.1) is 23.5 Å². The molecule has 8 heteroatoms. The molecule has 1 fully saturated rings. The maximum absolute atomic E-state index is 13.4. The first-order valence-corrected chi connectivity index (χ1v) is 8.76. The summed E-state index contributed by atoms with van der Waals surface area (Å²) in [5.41, 5.74) is 0.846. The van der Waals surface area contributed by atoms with E-state index in [0.717, 1.165) is 37.1 Å². The molecule has 4 nitrogen and oxygen atoms in total. The number of hydrogen-bond donors (Lipinski definition) is 3. The minimum absolute atomic E-state index is 0.0285. The molecule has 0 radical (unpaired) electrons. The number of likely N-dealkylation sites (N-methyl/N-ethyl adjacent to an activating group) is 1. The SMILES string of the molecule is CNC12CNCCN1c1ccc(-c3ccc(F)cc3C(F)(F)F)cc1NC2. The van der Waals surface area contributed by atoms with E-state index in [1.54, 1.807) is 12.1 Å². The number of rotatable bonds is 2. The van der Waals surface area contributed by atoms with Crippen molar-refractivity contribution in [2.45, 2.75) is 11.8 Å². The van der Waals surface area contributed by atoms with Crippen molar-refractivity contribution in [1.29, 1.82) is 0 Å². The van der Waals surface area contributed by atoms with Crippen LogP contribution in [0.1, 0.15) is 5.56 Å². The van der Waals surface area contributed by atoms with E-state index in [2.05, 4.69) is 20.9 Å². The molecule has 1 unspecified atom stereocenters. The Morgan fingerprint density at radius 3 is 2.67 bits per heavy atom. The van der Waals surface area contributed by atoms with Crippen molar-refractivity contribution in [3.63, 3.8) is 0 Å². The van der Waals surface area contributed by atoms with E-state index in [9.17, 15) is 17.6 Å². The van der Waals surface area contributed by atoms with Crippen LogP contribution in [0.2, 0.25) is 0 Å². The van der Waals surface area contributed by atoms with E-state index in [4.69, 9.17) is 0 Å². The molecule has 0 spiro atoms. The number of fused-ring (bicyclic) bond motifs is 3. The number of halogens is 4. The summed E-state index contributed by atoms with van der Waals surface area (Å²) in [7, 11) is 1.90. The molecule has 0 bridgehead atoms. The van der Waals surface area contributed by atoms with Gasteiger partial charge in [-0.15, -0.1) is 0 Å². The largest absolute Gasteiger partial charge is 0.417 e. The maximum atomic E-state index is 13.4. The van der Waals surface area contributed by atoms with Crippen LogP contribution in [-0.2, 0) is 6.18 Å². The molecule has 3 N–H and O–H groups in total. The lowest BCUT2D eigenvalue weighted by molar-refractivity contribution is -0.137. The zero-order chi connectivity index (χ0) is 19.2. The third-order valence-corrected chi connectivity index (χ3v) is 5.37. The van der Waals surface area contributed by atoms with E-state index < -0.39 is 17.6 Å². The second-order valence-electron chi connectivity index (χ2n) is 6.88. The van der Waals surface area contributed by atoms with E-state index in [1.807, 2.05) is 13.1 Å². The van der Waals surface area contributed by atoms with Gasteiger partial charge in [0.25, 0.3) is 0 Å². The zero-order valence-corrected chi connectivity index (χ0v) is 14.8. The van der Waals surface area contributed by atoms with Crippen LogP contribution in [0, 0.1) is 5.82 Å². The third-order valence-electron chi connectivity index (χ3n) is 5.37. The number of piperazine rings is 1. The number of nitrogens with zero attached hydrogens (tertiary/aromatic N) is 1. The van der Waals surface area contributed by atoms with Gasteiger partial charge in [-0.05, 0) is 42.4 Å². The molecule has 2 aliphatic rings. The molecule has 0 aromatic heterocycles. The molecule has 1 saturated heterocycles. The molecule has 4 rings (SSSR count). The van der Waals surface area contributed by atoms with Crippen LogP contribution in [-0.4, -0.2) is 38.9 Å². The van der Waals surface area contributed by atoms with E-state index in [0.29, 0.717) is 18.2 Å². The minimum atomic E-state index is -4.62. The smallest absolute Gasteiger partial charge is 0.380 e. The Morgan fingerprint density at radius 2 is 1.93 bits per heavy atom. The molecule has 1 atom stereocenters. The molecule has 144 valence electrons. The fourth-order valence-corrected chi connectivity index (χ4v) is 3.94. The van der Waals surface area contributed by atoms with Gasteiger partial charge in [-0.2, -0.15) is 13.2 Å². The maximum Gasteiger partial charge on any atom is 0.417 e. The first-order chi connectivity index (χ1) is 12.8. The van der Waals surface area contributed by atoms with Crippen LogP contribution >= 0.6 is 0 Å². The van der Waals surface area contributed by atoms with Crippen molar-refractivity contribution in [3.05, 3.63) is 47.8 Å². The molecule has 27 heavy (non-hydrogen) atoms. The Morgan fingerprint density at radius 1 is 1.11 bits per heavy atom. The van der Waals surface area contributed by atoms with Gasteiger partial charge in [-0.3, -0.25) is 5.32 Å². The van der Waals surface area contributed by atoms with Gasteiger partial charge in [0.15, 0.2) is 0 Å². The fourth-order valence-electron chi connectivity index (χ4n) is 3.94. The Hall–Kier alpha value is -2.32. The highest BCUT2D eigenvalue weighted by Gasteiger charge is 2.41. The normalized spacial score (nSPS) is 22.0. The topological polar surface area (TPSA) is 39.3 Å². The Kier molecular flexibility index (Phi) is 4.27. The molecule has 0 saturated carbocycles. The monoisotopic (exact) mass is 380 g/mol. The second kappa shape index (κ2) is 6.38. The second-order valence-corrected chi connectivity index (χ2v) is 6.88. The molecule has 0 amide bonds. The van der Waals surface area contributed by atoms with Gasteiger partial charge >= 0.3 is 6.18 Å². The summed E-state index contributed by atoms with van der Waals surface area (Å²) in [5.74, 6) is -0.901. The van der Waals surface area contributed by atoms with Crippen molar-refractivity contribution >= 4 is 11.4 Å². The first-order valence-electron chi connectivity index (χ1n) is 8.76. The quantitative estimate of drug-likeness (QED) is 0.700. The van der Waals surface area contributed by atoms with Gasteiger partial charge in [0, 0.05) is 19.6 Å². The lowest BCUT2D eigenvalue weighted by Crippen LogP contribution is -2.72. The molecule has 2 aromatic carbocycles. The van der Waals surface area contributed by atoms with Gasteiger partial charge in [0.1, 0.15) is 11.5 Å². The summed E-state index contributed by atoms with van der Waals surface area (Å²) in [5, 5.41) is 10.1. The average Bonchev–Trinajstić information content (AvgIpc) is 2.66. The summed E-state index contributed by atoms with van der Waals surface area (Å²) in [4.78, 5) is 2.24.